The number of nitrogens with one attached hydrogen (secondary N) is 1. The summed E-state index contributed by atoms with van der Waals surface area (Å²) in [5.41, 5.74) is -0.0110. The fourth-order valence-corrected chi connectivity index (χ4v) is 3.84. The molecule has 0 atom stereocenters. The van der Waals surface area contributed by atoms with Gasteiger partial charge in [-0.3, -0.25) is 4.79 Å². The first-order valence-electron chi connectivity index (χ1n) is 8.22. The average Bonchev–Trinajstić information content (AvgIpc) is 2.95. The summed E-state index contributed by atoms with van der Waals surface area (Å²) < 4.78 is 0. The third-order valence-electron chi connectivity index (χ3n) is 5.30. The van der Waals surface area contributed by atoms with E-state index in [4.69, 9.17) is 0 Å². The molecule has 1 saturated carbocycles. The Morgan fingerprint density at radius 2 is 1.84 bits per heavy atom. The van der Waals surface area contributed by atoms with E-state index in [-0.39, 0.29) is 5.41 Å². The molecule has 0 aromatic carbocycles. The van der Waals surface area contributed by atoms with Crippen molar-refractivity contribution >= 4 is 5.91 Å². The van der Waals surface area contributed by atoms with E-state index >= 15 is 0 Å². The van der Waals surface area contributed by atoms with Gasteiger partial charge in [0.05, 0.1) is 0 Å². The van der Waals surface area contributed by atoms with Crippen molar-refractivity contribution in [3.05, 3.63) is 0 Å². The molecule has 110 valence electrons. The van der Waals surface area contributed by atoms with E-state index in [9.17, 15) is 4.79 Å². The number of rotatable bonds is 5. The Morgan fingerprint density at radius 1 is 1.21 bits per heavy atom. The van der Waals surface area contributed by atoms with Crippen molar-refractivity contribution in [2.75, 3.05) is 26.2 Å². The summed E-state index contributed by atoms with van der Waals surface area (Å²) in [6.07, 6.45) is 8.19. The third kappa shape index (κ3) is 3.31. The summed E-state index contributed by atoms with van der Waals surface area (Å²) in [6, 6.07) is 0. The second kappa shape index (κ2) is 6.74. The Hall–Kier alpha value is -0.570. The van der Waals surface area contributed by atoms with Crippen LogP contribution in [0.2, 0.25) is 0 Å². The van der Waals surface area contributed by atoms with E-state index in [0.29, 0.717) is 11.8 Å². The van der Waals surface area contributed by atoms with Gasteiger partial charge in [0.2, 0.25) is 5.91 Å². The maximum absolute atomic E-state index is 12.9. The lowest BCUT2D eigenvalue weighted by atomic mass is 9.81. The van der Waals surface area contributed by atoms with E-state index in [1.165, 1.54) is 25.7 Å². The van der Waals surface area contributed by atoms with Crippen LogP contribution in [0.25, 0.3) is 0 Å². The van der Waals surface area contributed by atoms with Crippen LogP contribution in [0.15, 0.2) is 0 Å². The van der Waals surface area contributed by atoms with Gasteiger partial charge in [0, 0.05) is 18.5 Å². The molecule has 2 fully saturated rings. The number of amides is 1. The highest BCUT2D eigenvalue weighted by molar-refractivity contribution is 5.83. The van der Waals surface area contributed by atoms with Crippen LogP contribution < -0.4 is 5.32 Å². The van der Waals surface area contributed by atoms with Crippen molar-refractivity contribution in [3.63, 3.8) is 0 Å². The summed E-state index contributed by atoms with van der Waals surface area (Å²) >= 11 is 0. The molecular weight excluding hydrogens is 236 g/mol. The molecule has 0 radical (unpaired) electrons. The van der Waals surface area contributed by atoms with Gasteiger partial charge in [-0.05, 0) is 58.0 Å². The summed E-state index contributed by atoms with van der Waals surface area (Å²) in [5, 5.41) is 3.41. The minimum atomic E-state index is -0.0110. The molecule has 3 heteroatoms. The van der Waals surface area contributed by atoms with E-state index in [0.717, 1.165) is 45.4 Å². The van der Waals surface area contributed by atoms with Crippen LogP contribution in [0, 0.1) is 11.3 Å². The Morgan fingerprint density at radius 3 is 2.37 bits per heavy atom. The molecule has 1 aliphatic heterocycles. The van der Waals surface area contributed by atoms with E-state index < -0.39 is 0 Å². The summed E-state index contributed by atoms with van der Waals surface area (Å²) in [7, 11) is 0. The van der Waals surface area contributed by atoms with Gasteiger partial charge in [-0.2, -0.15) is 0 Å². The highest BCUT2D eigenvalue weighted by atomic mass is 16.2. The van der Waals surface area contributed by atoms with Gasteiger partial charge in [0.25, 0.3) is 0 Å². The molecule has 0 bridgehead atoms. The predicted octanol–water partition coefficient (Wildman–Crippen LogP) is 2.80. The van der Waals surface area contributed by atoms with Crippen molar-refractivity contribution in [2.24, 2.45) is 11.3 Å². The molecule has 1 aliphatic carbocycles. The van der Waals surface area contributed by atoms with Crippen LogP contribution >= 0.6 is 0 Å². The van der Waals surface area contributed by atoms with Crippen LogP contribution in [-0.4, -0.2) is 37.0 Å². The molecule has 0 spiro atoms. The van der Waals surface area contributed by atoms with E-state index in [2.05, 4.69) is 24.1 Å². The zero-order valence-electron chi connectivity index (χ0n) is 12.7. The topological polar surface area (TPSA) is 32.3 Å². The quantitative estimate of drug-likeness (QED) is 0.830. The molecule has 3 nitrogen and oxygen atoms in total. The maximum Gasteiger partial charge on any atom is 0.228 e. The number of carbonyl (C=O) groups is 1. The molecule has 19 heavy (non-hydrogen) atoms. The summed E-state index contributed by atoms with van der Waals surface area (Å²) in [5.74, 6) is 1.16. The standard InChI is InChI=1S/C16H30N2O/c1-3-16(9-5-6-10-16)15(19)18(4-2)13-14-7-11-17-12-8-14/h14,17H,3-13H2,1-2H3. The van der Waals surface area contributed by atoms with Gasteiger partial charge in [0.1, 0.15) is 0 Å². The van der Waals surface area contributed by atoms with E-state index in [1.807, 2.05) is 0 Å². The van der Waals surface area contributed by atoms with Crippen molar-refractivity contribution in [2.45, 2.75) is 58.8 Å². The van der Waals surface area contributed by atoms with Crippen LogP contribution in [0.4, 0.5) is 0 Å². The third-order valence-corrected chi connectivity index (χ3v) is 5.30. The summed E-state index contributed by atoms with van der Waals surface area (Å²) in [6.45, 7) is 8.44. The van der Waals surface area contributed by atoms with Gasteiger partial charge in [-0.25, -0.2) is 0 Å². The zero-order valence-corrected chi connectivity index (χ0v) is 12.7. The van der Waals surface area contributed by atoms with Gasteiger partial charge < -0.3 is 10.2 Å². The Kier molecular flexibility index (Phi) is 5.26. The van der Waals surface area contributed by atoms with Gasteiger partial charge in [-0.1, -0.05) is 19.8 Å². The second-order valence-electron chi connectivity index (χ2n) is 6.38. The molecule has 0 aromatic heterocycles. The molecule has 1 heterocycles. The van der Waals surface area contributed by atoms with Crippen molar-refractivity contribution in [1.29, 1.82) is 0 Å². The van der Waals surface area contributed by atoms with Gasteiger partial charge in [0.15, 0.2) is 0 Å². The average molecular weight is 266 g/mol. The fraction of sp³-hybridized carbons (Fsp3) is 0.938. The van der Waals surface area contributed by atoms with Crippen LogP contribution in [0.5, 0.6) is 0 Å². The molecule has 0 aromatic rings. The first-order valence-corrected chi connectivity index (χ1v) is 8.22. The molecular formula is C16H30N2O. The number of hydrogen-bond donors (Lipinski definition) is 1. The first-order chi connectivity index (χ1) is 9.22. The first kappa shape index (κ1) is 14.8. The monoisotopic (exact) mass is 266 g/mol. The fourth-order valence-electron chi connectivity index (χ4n) is 3.84. The number of nitrogens with zero attached hydrogens (tertiary/aromatic N) is 1. The zero-order chi connectivity index (χ0) is 13.7. The lowest BCUT2D eigenvalue weighted by molar-refractivity contribution is -0.142. The predicted molar refractivity (Wildman–Crippen MR) is 79.0 cm³/mol. The van der Waals surface area contributed by atoms with Crippen molar-refractivity contribution < 1.29 is 4.79 Å². The number of piperidine rings is 1. The molecule has 2 aliphatic rings. The number of hydrogen-bond acceptors (Lipinski definition) is 2. The molecule has 0 unspecified atom stereocenters. The SMILES string of the molecule is CCN(CC1CCNCC1)C(=O)C1(CC)CCCC1. The minimum Gasteiger partial charge on any atom is -0.342 e. The van der Waals surface area contributed by atoms with Crippen LogP contribution in [-0.2, 0) is 4.79 Å². The summed E-state index contributed by atoms with van der Waals surface area (Å²) in [4.78, 5) is 15.1. The number of carbonyl (C=O) groups excluding carboxylic acids is 1. The Bertz CT molecular complexity index is 291. The van der Waals surface area contributed by atoms with Crippen LogP contribution in [0.3, 0.4) is 0 Å². The lowest BCUT2D eigenvalue weighted by Gasteiger charge is -2.36. The molecule has 1 saturated heterocycles. The second-order valence-corrected chi connectivity index (χ2v) is 6.38. The minimum absolute atomic E-state index is 0.0110. The lowest BCUT2D eigenvalue weighted by Crippen LogP contribution is -2.45. The van der Waals surface area contributed by atoms with Crippen LogP contribution in [0.1, 0.15) is 58.8 Å². The van der Waals surface area contributed by atoms with Crippen molar-refractivity contribution in [3.8, 4) is 0 Å². The molecule has 1 N–H and O–H groups in total. The Balaban J connectivity index is 1.97. The maximum atomic E-state index is 12.9. The highest BCUT2D eigenvalue weighted by Gasteiger charge is 2.41. The van der Waals surface area contributed by atoms with Gasteiger partial charge >= 0.3 is 0 Å². The van der Waals surface area contributed by atoms with Gasteiger partial charge in [-0.15, -0.1) is 0 Å². The normalized spacial score (nSPS) is 23.5. The highest BCUT2D eigenvalue weighted by Crippen LogP contribution is 2.42. The smallest absolute Gasteiger partial charge is 0.228 e. The molecule has 2 rings (SSSR count). The Labute approximate surface area is 118 Å². The largest absolute Gasteiger partial charge is 0.342 e. The van der Waals surface area contributed by atoms with E-state index in [1.54, 1.807) is 0 Å². The molecule has 1 amide bonds. The van der Waals surface area contributed by atoms with Crippen molar-refractivity contribution in [1.82, 2.24) is 10.2 Å².